The smallest absolute Gasteiger partial charge is 0.262 e. The van der Waals surface area contributed by atoms with Crippen molar-refractivity contribution in [2.24, 2.45) is 0 Å². The first-order valence-electron chi connectivity index (χ1n) is 19.5. The summed E-state index contributed by atoms with van der Waals surface area (Å²) < 4.78 is 0. The van der Waals surface area contributed by atoms with Crippen LogP contribution in [0.15, 0.2) is 66.7 Å². The van der Waals surface area contributed by atoms with E-state index in [9.17, 15) is 38.4 Å². The van der Waals surface area contributed by atoms with Gasteiger partial charge in [-0.1, -0.05) is 69.7 Å². The van der Waals surface area contributed by atoms with Crippen molar-refractivity contribution in [3.63, 3.8) is 0 Å². The summed E-state index contributed by atoms with van der Waals surface area (Å²) in [4.78, 5) is 99.8. The fourth-order valence-corrected chi connectivity index (χ4v) is 6.45. The van der Waals surface area contributed by atoms with E-state index in [0.29, 0.717) is 33.0 Å². The molecule has 0 spiro atoms. The first kappa shape index (κ1) is 57.2. The van der Waals surface area contributed by atoms with Gasteiger partial charge in [0.05, 0.1) is 0 Å². The minimum absolute atomic E-state index is 0. The SMILES string of the molecule is CC.CC.C[C-](C)C.C[C-](C)C.O=C1CCC(N2C(=O)c3c[c-]cc4cccc(c34)C2=O)C(=O)N1.O=C1CCC(N2C(=O)c3cccc4cccc(c34)C2=O)C(=O)N1.[CH3-].[Y].[Y]. The Morgan fingerprint density at radius 1 is 0.508 bits per heavy atom. The normalized spacial score (nSPS) is 17.1. The van der Waals surface area contributed by atoms with Gasteiger partial charge in [0.25, 0.3) is 17.7 Å². The summed E-state index contributed by atoms with van der Waals surface area (Å²) in [5.41, 5.74) is 1.54. The molecule has 2 saturated heterocycles. The number of piperidine rings is 2. The van der Waals surface area contributed by atoms with Crippen LogP contribution in [0.2, 0.25) is 0 Å². The molecule has 322 valence electrons. The van der Waals surface area contributed by atoms with Crippen LogP contribution in [-0.4, -0.2) is 69.1 Å². The molecule has 4 aromatic carbocycles. The number of rotatable bonds is 2. The summed E-state index contributed by atoms with van der Waals surface area (Å²) >= 11 is 0. The van der Waals surface area contributed by atoms with Crippen molar-refractivity contribution in [2.45, 2.75) is 107 Å². The Labute approximate surface area is 410 Å². The Bertz CT molecular complexity index is 1960. The minimum atomic E-state index is -0.962. The number of nitrogens with one attached hydrogen (secondary N) is 2. The monoisotopic (exact) mass is 982 g/mol. The van der Waals surface area contributed by atoms with Gasteiger partial charge in [-0.25, -0.2) is 0 Å². The van der Waals surface area contributed by atoms with Crippen molar-refractivity contribution < 1.29 is 104 Å². The van der Waals surface area contributed by atoms with Gasteiger partial charge in [0, 0.05) is 100 Å². The topological polar surface area (TPSA) is 167 Å². The Balaban J connectivity index is 0.000000905. The molecule has 0 saturated carbocycles. The second-order valence-corrected chi connectivity index (χ2v) is 14.2. The van der Waals surface area contributed by atoms with Gasteiger partial charge in [-0.15, -0.1) is 16.8 Å². The molecule has 2 unspecified atom stereocenters. The average Bonchev–Trinajstić information content (AvgIpc) is 3.19. The number of hydrogen-bond acceptors (Lipinski definition) is 8. The third kappa shape index (κ3) is 13.6. The van der Waals surface area contributed by atoms with Crippen LogP contribution in [0.3, 0.4) is 0 Å². The van der Waals surface area contributed by atoms with Crippen molar-refractivity contribution >= 4 is 68.8 Å². The van der Waals surface area contributed by atoms with Crippen LogP contribution < -0.4 is 10.6 Å². The van der Waals surface area contributed by atoms with Crippen LogP contribution in [0.25, 0.3) is 21.5 Å². The molecule has 8 amide bonds. The van der Waals surface area contributed by atoms with Crippen molar-refractivity contribution in [1.29, 1.82) is 0 Å². The second-order valence-electron chi connectivity index (χ2n) is 14.2. The molecule has 61 heavy (non-hydrogen) atoms. The maximum Gasteiger partial charge on any atom is 0.262 e. The molecule has 0 bridgehead atoms. The largest absolute Gasteiger partial charge is 0.358 e. The van der Waals surface area contributed by atoms with Gasteiger partial charge in [0.1, 0.15) is 12.1 Å². The molecule has 2 N–H and O–H groups in total. The molecule has 4 heterocycles. The summed E-state index contributed by atoms with van der Waals surface area (Å²) in [6.45, 7) is 20.5. The molecule has 2 fully saturated rings. The number of benzene rings is 4. The third-order valence-corrected chi connectivity index (χ3v) is 8.58. The summed E-state index contributed by atoms with van der Waals surface area (Å²) in [5.74, 6) is -1.17. The van der Waals surface area contributed by atoms with Crippen LogP contribution in [0.4, 0.5) is 0 Å². The number of imide groups is 4. The van der Waals surface area contributed by atoms with Crippen LogP contribution in [0, 0.1) is 25.3 Å². The second kappa shape index (κ2) is 26.6. The number of carbonyl (C=O) groups is 8. The molecular weight excluding hydrogens is 926 g/mol. The number of nitrogens with zero attached hydrogens (tertiary/aromatic N) is 2. The van der Waals surface area contributed by atoms with Crippen molar-refractivity contribution in [3.8, 4) is 0 Å². The zero-order valence-corrected chi connectivity index (χ0v) is 42.8. The molecule has 4 aliphatic rings. The van der Waals surface area contributed by atoms with Gasteiger partial charge in [0.15, 0.2) is 0 Å². The molecule has 4 aromatic rings. The predicted octanol–water partition coefficient (Wildman–Crippen LogP) is 8.02. The van der Waals surface area contributed by atoms with E-state index in [1.807, 2.05) is 39.8 Å². The zero-order chi connectivity index (χ0) is 43.4. The van der Waals surface area contributed by atoms with E-state index in [2.05, 4.69) is 58.2 Å². The zero-order valence-electron chi connectivity index (χ0n) is 37.1. The van der Waals surface area contributed by atoms with Crippen LogP contribution in [0.5, 0.6) is 0 Å². The third-order valence-electron chi connectivity index (χ3n) is 8.58. The van der Waals surface area contributed by atoms with Crippen molar-refractivity contribution in [3.05, 3.63) is 114 Å². The quantitative estimate of drug-likeness (QED) is 0.151. The van der Waals surface area contributed by atoms with Crippen LogP contribution in [-0.2, 0) is 84.6 Å². The maximum absolute atomic E-state index is 12.8. The Hall–Kier alpha value is -3.83. The molecule has 8 rings (SSSR count). The molecule has 12 nitrogen and oxygen atoms in total. The van der Waals surface area contributed by atoms with E-state index in [-0.39, 0.29) is 110 Å². The van der Waals surface area contributed by atoms with E-state index in [4.69, 9.17) is 0 Å². The average molecular weight is 983 g/mol. The summed E-state index contributed by atoms with van der Waals surface area (Å²) in [5, 5.41) is 7.15. The first-order valence-corrected chi connectivity index (χ1v) is 19.5. The summed E-state index contributed by atoms with van der Waals surface area (Å²) in [6.07, 6.45) is 0.509. The van der Waals surface area contributed by atoms with Gasteiger partial charge in [0.2, 0.25) is 29.5 Å². The summed E-state index contributed by atoms with van der Waals surface area (Å²) in [7, 11) is 0. The fourth-order valence-electron chi connectivity index (χ4n) is 6.45. The van der Waals surface area contributed by atoms with Crippen LogP contribution in [0.1, 0.15) is 136 Å². The van der Waals surface area contributed by atoms with Gasteiger partial charge < -0.3 is 19.3 Å². The van der Waals surface area contributed by atoms with Crippen molar-refractivity contribution in [2.75, 3.05) is 0 Å². The Kier molecular flexibility index (Phi) is 24.9. The van der Waals surface area contributed by atoms with E-state index < -0.39 is 47.5 Å². The first-order chi connectivity index (χ1) is 27.6. The molecule has 0 aromatic heterocycles. The maximum atomic E-state index is 12.8. The molecule has 0 aliphatic carbocycles. The fraction of sp³-hybridized carbons (Fsp3) is 0.340. The van der Waals surface area contributed by atoms with Gasteiger partial charge >= 0.3 is 0 Å². The Morgan fingerprint density at radius 3 is 1.16 bits per heavy atom. The van der Waals surface area contributed by atoms with Crippen molar-refractivity contribution in [1.82, 2.24) is 20.4 Å². The summed E-state index contributed by atoms with van der Waals surface area (Å²) in [6, 6.07) is 19.9. The number of hydrogen-bond donors (Lipinski definition) is 2. The number of amides is 8. The minimum Gasteiger partial charge on any atom is -0.358 e. The Morgan fingerprint density at radius 2 is 0.820 bits per heavy atom. The van der Waals surface area contributed by atoms with E-state index >= 15 is 0 Å². The van der Waals surface area contributed by atoms with Gasteiger partial charge in [-0.3, -0.25) is 58.8 Å². The van der Waals surface area contributed by atoms with Gasteiger partial charge in [-0.2, -0.15) is 59.7 Å². The molecule has 2 radical (unpaired) electrons. The van der Waals surface area contributed by atoms with Crippen LogP contribution >= 0.6 is 0 Å². The van der Waals surface area contributed by atoms with E-state index in [0.717, 1.165) is 20.6 Å². The molecule has 14 heteroatoms. The van der Waals surface area contributed by atoms with E-state index in [1.54, 1.807) is 48.5 Å². The molecule has 4 aliphatic heterocycles. The standard InChI is InChI=1S/C17H12N2O4.C17H11N2O4.2C4H9.2C2H6.CH3.2Y/c2*20-13-8-7-12(15(21)18-13)19-16(22)10-5-1-3-9-4-2-6-11(14(9)10)17(19)23;2*1-4(2)3;2*1-2;;;/h1-6,12H,7-8H2,(H,18,20,21);1,3-6,12H,7-8H2,(H,18,20,21);2*1-3H3;2*1-2H3;1H3;;/q;3*-1;;;-1;;. The van der Waals surface area contributed by atoms with E-state index in [1.165, 1.54) is 17.9 Å². The number of carbonyl (C=O) groups excluding carboxylic acids is 8. The molecular formula is C47H56N4O8Y2-4. The predicted molar refractivity (Wildman–Crippen MR) is 230 cm³/mol. The van der Waals surface area contributed by atoms with Gasteiger partial charge in [-0.05, 0) is 30.4 Å². The molecule has 2 atom stereocenters.